The van der Waals surface area contributed by atoms with Gasteiger partial charge >= 0.3 is 0 Å². The summed E-state index contributed by atoms with van der Waals surface area (Å²) in [7, 11) is -2.94. The largest absolute Gasteiger partial charge is 0.382 e. The molecule has 0 spiro atoms. The topological polar surface area (TPSA) is 42.2 Å². The fourth-order valence-electron chi connectivity index (χ4n) is 3.07. The average molecular weight is 378 g/mol. The molecule has 0 radical (unpaired) electrons. The Labute approximate surface area is 142 Å². The number of rotatable bonds is 2. The van der Waals surface area contributed by atoms with E-state index >= 15 is 0 Å². The Morgan fingerprint density at radius 1 is 1.33 bits per heavy atom. The third-order valence-corrected chi connectivity index (χ3v) is 5.94. The van der Waals surface area contributed by atoms with E-state index < -0.39 is 31.4 Å². The second-order valence-corrected chi connectivity index (χ2v) is 10.0. The maximum Gasteiger partial charge on any atom is 0.278 e. The van der Waals surface area contributed by atoms with E-state index in [1.165, 1.54) is 36.2 Å². The van der Waals surface area contributed by atoms with Crippen molar-refractivity contribution in [3.63, 3.8) is 0 Å². The minimum atomic E-state index is -3.29. The Balaban J connectivity index is 2.29. The summed E-state index contributed by atoms with van der Waals surface area (Å²) >= 11 is 5.88. The van der Waals surface area contributed by atoms with Crippen LogP contribution in [0.3, 0.4) is 0 Å². The summed E-state index contributed by atoms with van der Waals surface area (Å²) in [6, 6.07) is 3.84. The Kier molecular flexibility index (Phi) is 4.14. The lowest BCUT2D eigenvalue weighted by atomic mass is 9.91. The van der Waals surface area contributed by atoms with E-state index in [-0.39, 0.29) is 22.3 Å². The third-order valence-electron chi connectivity index (χ3n) is 4.20. The third kappa shape index (κ3) is 2.92. The van der Waals surface area contributed by atoms with Gasteiger partial charge in [-0.15, -0.1) is 0 Å². The molecular formula is C16H16ClF3NO2P. The molecule has 1 aliphatic rings. The van der Waals surface area contributed by atoms with E-state index in [1.54, 1.807) is 0 Å². The molecule has 0 bridgehead atoms. The molecular weight excluding hydrogens is 362 g/mol. The fraction of sp³-hybridized carbons (Fsp3) is 0.375. The first-order valence-corrected chi connectivity index (χ1v) is 10.3. The van der Waals surface area contributed by atoms with Crippen molar-refractivity contribution < 1.29 is 22.8 Å². The molecule has 1 unspecified atom stereocenters. The van der Waals surface area contributed by atoms with Gasteiger partial charge in [0.25, 0.3) is 5.92 Å². The van der Waals surface area contributed by atoms with Crippen LogP contribution in [-0.4, -0.2) is 28.9 Å². The van der Waals surface area contributed by atoms with Gasteiger partial charge in [0.15, 0.2) is 0 Å². The molecule has 8 heteroatoms. The highest BCUT2D eigenvalue weighted by Crippen LogP contribution is 2.47. The van der Waals surface area contributed by atoms with Crippen LogP contribution in [0.1, 0.15) is 23.8 Å². The molecule has 0 fully saturated rings. The van der Waals surface area contributed by atoms with Crippen molar-refractivity contribution in [3.8, 4) is 5.69 Å². The molecule has 3 nitrogen and oxygen atoms in total. The summed E-state index contributed by atoms with van der Waals surface area (Å²) in [5, 5.41) is 10.5. The summed E-state index contributed by atoms with van der Waals surface area (Å²) in [4.78, 5) is 0. The molecule has 0 aliphatic heterocycles. The minimum Gasteiger partial charge on any atom is -0.382 e. The number of hydrogen-bond acceptors (Lipinski definition) is 2. The van der Waals surface area contributed by atoms with Crippen LogP contribution >= 0.6 is 18.7 Å². The first-order chi connectivity index (χ1) is 11.0. The standard InChI is InChI=1S/C16H16ClF3NO2P/c1-24(2,23)13-8-21(11-6-9(17)5-10(18)7-11)12-3-4-16(19,20)15(22)14(12)13/h5-8,15,22H,3-4H2,1-2H3. The molecule has 1 aromatic carbocycles. The maximum atomic E-state index is 14.0. The Morgan fingerprint density at radius 3 is 2.58 bits per heavy atom. The predicted octanol–water partition coefficient (Wildman–Crippen LogP) is 4.13. The number of alkyl halides is 2. The Morgan fingerprint density at radius 2 is 2.00 bits per heavy atom. The van der Waals surface area contributed by atoms with Crippen molar-refractivity contribution in [2.45, 2.75) is 24.9 Å². The SMILES string of the molecule is CP(C)(=O)c1cn(-c2cc(F)cc(Cl)c2)c2c1C(O)C(F)(F)CC2. The molecule has 24 heavy (non-hydrogen) atoms. The van der Waals surface area contributed by atoms with E-state index in [0.29, 0.717) is 11.4 Å². The highest BCUT2D eigenvalue weighted by atomic mass is 35.5. The zero-order chi connectivity index (χ0) is 17.9. The molecule has 0 saturated carbocycles. The lowest BCUT2D eigenvalue weighted by molar-refractivity contribution is -0.121. The number of aliphatic hydroxyl groups excluding tert-OH is 1. The van der Waals surface area contributed by atoms with Crippen molar-refractivity contribution in [2.75, 3.05) is 13.3 Å². The Hall–Kier alpha value is -1.23. The fourth-order valence-corrected chi connectivity index (χ4v) is 4.51. The number of halogens is 4. The van der Waals surface area contributed by atoms with Crippen molar-refractivity contribution in [1.82, 2.24) is 4.57 Å². The summed E-state index contributed by atoms with van der Waals surface area (Å²) < 4.78 is 55.6. The van der Waals surface area contributed by atoms with E-state index in [1.807, 2.05) is 0 Å². The number of benzene rings is 1. The molecule has 1 aliphatic carbocycles. The number of aromatic nitrogens is 1. The molecule has 1 N–H and O–H groups in total. The van der Waals surface area contributed by atoms with Gasteiger partial charge in [0.05, 0.1) is 0 Å². The molecule has 1 heterocycles. The quantitative estimate of drug-likeness (QED) is 0.799. The monoisotopic (exact) mass is 377 g/mol. The van der Waals surface area contributed by atoms with Gasteiger partial charge in [-0.25, -0.2) is 13.2 Å². The first kappa shape index (κ1) is 17.6. The normalized spacial score (nSPS) is 20.0. The summed E-state index contributed by atoms with van der Waals surface area (Å²) in [6.07, 6.45) is -1.14. The van der Waals surface area contributed by atoms with Crippen molar-refractivity contribution in [2.24, 2.45) is 0 Å². The predicted molar refractivity (Wildman–Crippen MR) is 88.1 cm³/mol. The molecule has 1 atom stereocenters. The van der Waals surface area contributed by atoms with E-state index in [2.05, 4.69) is 0 Å². The molecule has 0 amide bonds. The zero-order valence-corrected chi connectivity index (χ0v) is 14.7. The second kappa shape index (κ2) is 5.65. The van der Waals surface area contributed by atoms with E-state index in [9.17, 15) is 22.8 Å². The summed E-state index contributed by atoms with van der Waals surface area (Å²) in [5.41, 5.74) is 0.738. The zero-order valence-electron chi connectivity index (χ0n) is 13.1. The lowest BCUT2D eigenvalue weighted by Gasteiger charge is -2.30. The summed E-state index contributed by atoms with van der Waals surface area (Å²) in [6.45, 7) is 2.90. The Bertz CT molecular complexity index is 839. The van der Waals surface area contributed by atoms with Crippen LogP contribution in [0.5, 0.6) is 0 Å². The lowest BCUT2D eigenvalue weighted by Crippen LogP contribution is -2.34. The van der Waals surface area contributed by atoms with Crippen LogP contribution in [0.25, 0.3) is 5.69 Å². The van der Waals surface area contributed by atoms with Gasteiger partial charge in [-0.2, -0.15) is 0 Å². The molecule has 0 saturated heterocycles. The van der Waals surface area contributed by atoms with Gasteiger partial charge in [-0.1, -0.05) is 11.6 Å². The highest BCUT2D eigenvalue weighted by molar-refractivity contribution is 7.70. The van der Waals surface area contributed by atoms with Crippen LogP contribution in [0.15, 0.2) is 24.4 Å². The number of fused-ring (bicyclic) bond motifs is 1. The van der Waals surface area contributed by atoms with Crippen LogP contribution in [0.2, 0.25) is 5.02 Å². The van der Waals surface area contributed by atoms with Crippen molar-refractivity contribution >= 4 is 24.0 Å². The van der Waals surface area contributed by atoms with Crippen LogP contribution in [-0.2, 0) is 11.0 Å². The summed E-state index contributed by atoms with van der Waals surface area (Å²) in [5.74, 6) is -3.86. The average Bonchev–Trinajstić information content (AvgIpc) is 2.82. The molecule has 2 aromatic rings. The molecule has 3 rings (SSSR count). The second-order valence-electron chi connectivity index (χ2n) is 6.39. The maximum absolute atomic E-state index is 14.0. The number of hydrogen-bond donors (Lipinski definition) is 1. The molecule has 130 valence electrons. The minimum absolute atomic E-state index is 0.0139. The van der Waals surface area contributed by atoms with Crippen molar-refractivity contribution in [1.29, 1.82) is 0 Å². The highest BCUT2D eigenvalue weighted by Gasteiger charge is 2.47. The van der Waals surface area contributed by atoms with E-state index in [0.717, 1.165) is 6.07 Å². The first-order valence-electron chi connectivity index (χ1n) is 7.33. The number of nitrogens with zero attached hydrogens (tertiary/aromatic N) is 1. The van der Waals surface area contributed by atoms with Crippen LogP contribution in [0.4, 0.5) is 13.2 Å². The van der Waals surface area contributed by atoms with Crippen LogP contribution < -0.4 is 5.30 Å². The van der Waals surface area contributed by atoms with Gasteiger partial charge in [0.1, 0.15) is 19.1 Å². The van der Waals surface area contributed by atoms with Gasteiger partial charge in [-0.3, -0.25) is 0 Å². The van der Waals surface area contributed by atoms with Gasteiger partial charge in [-0.05, 0) is 37.9 Å². The van der Waals surface area contributed by atoms with Crippen LogP contribution in [0, 0.1) is 5.82 Å². The van der Waals surface area contributed by atoms with Gasteiger partial charge in [0, 0.05) is 39.9 Å². The van der Waals surface area contributed by atoms with Gasteiger partial charge < -0.3 is 14.2 Å². The van der Waals surface area contributed by atoms with Gasteiger partial charge in [0.2, 0.25) is 0 Å². The van der Waals surface area contributed by atoms with Crippen molar-refractivity contribution in [3.05, 3.63) is 46.5 Å². The molecule has 1 aromatic heterocycles. The van der Waals surface area contributed by atoms with E-state index in [4.69, 9.17) is 11.6 Å². The number of aliphatic hydroxyl groups is 1. The smallest absolute Gasteiger partial charge is 0.278 e.